The van der Waals surface area contributed by atoms with Crippen molar-refractivity contribution in [3.63, 3.8) is 0 Å². The molecule has 0 N–H and O–H groups in total. The average Bonchev–Trinajstić information content (AvgIpc) is 2.39. The van der Waals surface area contributed by atoms with Gasteiger partial charge in [-0.2, -0.15) is 0 Å². The number of ether oxygens (including phenoxy) is 1. The Hall–Kier alpha value is -1.76. The van der Waals surface area contributed by atoms with Gasteiger partial charge in [0.25, 0.3) is 0 Å². The molecule has 2 aromatic carbocycles. The van der Waals surface area contributed by atoms with Crippen molar-refractivity contribution < 1.29 is 4.74 Å². The largest absolute Gasteiger partial charge is 0.496 e. The Morgan fingerprint density at radius 1 is 0.941 bits per heavy atom. The van der Waals surface area contributed by atoms with Gasteiger partial charge in [-0.25, -0.2) is 0 Å². The average molecular weight is 226 g/mol. The fraction of sp³-hybridized carbons (Fsp3) is 0.250. The van der Waals surface area contributed by atoms with Gasteiger partial charge in [0, 0.05) is 0 Å². The summed E-state index contributed by atoms with van der Waals surface area (Å²) in [7, 11) is 1.71. The molecule has 0 unspecified atom stereocenters. The lowest BCUT2D eigenvalue weighted by atomic mass is 10.0. The topological polar surface area (TPSA) is 9.23 Å². The summed E-state index contributed by atoms with van der Waals surface area (Å²) in [5.41, 5.74) is 5.04. The molecule has 0 aromatic heterocycles. The minimum absolute atomic E-state index is 0.943. The molecule has 0 saturated heterocycles. The van der Waals surface area contributed by atoms with Gasteiger partial charge in [-0.15, -0.1) is 0 Å². The summed E-state index contributed by atoms with van der Waals surface area (Å²) in [4.78, 5) is 0. The highest BCUT2D eigenvalue weighted by atomic mass is 16.5. The van der Waals surface area contributed by atoms with E-state index in [1.165, 1.54) is 22.3 Å². The van der Waals surface area contributed by atoms with Crippen molar-refractivity contribution in [3.05, 3.63) is 53.6 Å². The van der Waals surface area contributed by atoms with E-state index in [2.05, 4.69) is 50.2 Å². The fourth-order valence-electron chi connectivity index (χ4n) is 1.99. The van der Waals surface area contributed by atoms with Gasteiger partial charge < -0.3 is 4.74 Å². The Labute approximate surface area is 103 Å². The van der Waals surface area contributed by atoms with Crippen molar-refractivity contribution in [1.82, 2.24) is 0 Å². The number of rotatable bonds is 3. The van der Waals surface area contributed by atoms with Crippen molar-refractivity contribution in [2.45, 2.75) is 20.3 Å². The van der Waals surface area contributed by atoms with Crippen LogP contribution in [0.4, 0.5) is 0 Å². The molecule has 0 aliphatic carbocycles. The van der Waals surface area contributed by atoms with Crippen molar-refractivity contribution >= 4 is 0 Å². The third kappa shape index (κ3) is 2.50. The zero-order valence-electron chi connectivity index (χ0n) is 10.7. The van der Waals surface area contributed by atoms with Crippen molar-refractivity contribution in [3.8, 4) is 16.9 Å². The standard InChI is InChI=1S/C16H18O/c1-4-13-5-7-14(8-6-13)15-9-10-16(17-3)12(2)11-15/h5-11H,4H2,1-3H3. The fourth-order valence-corrected chi connectivity index (χ4v) is 1.99. The van der Waals surface area contributed by atoms with Crippen molar-refractivity contribution in [2.24, 2.45) is 0 Å². The second kappa shape index (κ2) is 5.05. The molecule has 0 radical (unpaired) electrons. The number of hydrogen-bond donors (Lipinski definition) is 0. The zero-order chi connectivity index (χ0) is 12.3. The molecule has 1 heteroatoms. The Morgan fingerprint density at radius 2 is 1.59 bits per heavy atom. The summed E-state index contributed by atoms with van der Waals surface area (Å²) in [6.45, 7) is 4.25. The van der Waals surface area contributed by atoms with Crippen LogP contribution >= 0.6 is 0 Å². The minimum Gasteiger partial charge on any atom is -0.496 e. The van der Waals surface area contributed by atoms with Crippen molar-refractivity contribution in [1.29, 1.82) is 0 Å². The Balaban J connectivity index is 2.35. The zero-order valence-corrected chi connectivity index (χ0v) is 10.7. The number of benzene rings is 2. The highest BCUT2D eigenvalue weighted by molar-refractivity contribution is 5.65. The van der Waals surface area contributed by atoms with E-state index >= 15 is 0 Å². The first-order chi connectivity index (χ1) is 8.24. The van der Waals surface area contributed by atoms with E-state index in [0.29, 0.717) is 0 Å². The van der Waals surface area contributed by atoms with Crippen LogP contribution in [-0.2, 0) is 6.42 Å². The Morgan fingerprint density at radius 3 is 2.12 bits per heavy atom. The molecule has 1 nitrogen and oxygen atoms in total. The lowest BCUT2D eigenvalue weighted by Crippen LogP contribution is -1.88. The van der Waals surface area contributed by atoms with Crippen LogP contribution in [-0.4, -0.2) is 7.11 Å². The summed E-state index contributed by atoms with van der Waals surface area (Å²) in [6.07, 6.45) is 1.09. The van der Waals surface area contributed by atoms with E-state index in [1.54, 1.807) is 7.11 Å². The third-order valence-electron chi connectivity index (χ3n) is 3.09. The Kier molecular flexibility index (Phi) is 3.48. The number of methoxy groups -OCH3 is 1. The SMILES string of the molecule is CCc1ccc(-c2ccc(OC)c(C)c2)cc1. The van der Waals surface area contributed by atoms with Gasteiger partial charge in [-0.05, 0) is 47.7 Å². The van der Waals surface area contributed by atoms with E-state index < -0.39 is 0 Å². The molecule has 2 rings (SSSR count). The molecule has 0 fully saturated rings. The van der Waals surface area contributed by atoms with E-state index in [4.69, 9.17) is 4.74 Å². The Bertz CT molecular complexity index is 497. The van der Waals surface area contributed by atoms with E-state index in [-0.39, 0.29) is 0 Å². The molecule has 17 heavy (non-hydrogen) atoms. The van der Waals surface area contributed by atoms with Crippen LogP contribution in [0.15, 0.2) is 42.5 Å². The third-order valence-corrected chi connectivity index (χ3v) is 3.09. The van der Waals surface area contributed by atoms with Crippen LogP contribution in [0.1, 0.15) is 18.1 Å². The number of aryl methyl sites for hydroxylation is 2. The second-order valence-electron chi connectivity index (χ2n) is 4.23. The van der Waals surface area contributed by atoms with Gasteiger partial charge in [0.15, 0.2) is 0 Å². The lowest BCUT2D eigenvalue weighted by Gasteiger charge is -2.08. The molecular weight excluding hydrogens is 208 g/mol. The molecule has 2 aromatic rings. The van der Waals surface area contributed by atoms with Gasteiger partial charge >= 0.3 is 0 Å². The first-order valence-corrected chi connectivity index (χ1v) is 5.98. The van der Waals surface area contributed by atoms with Gasteiger partial charge in [0.2, 0.25) is 0 Å². The van der Waals surface area contributed by atoms with Gasteiger partial charge in [0.05, 0.1) is 7.11 Å². The maximum absolute atomic E-state index is 5.27. The normalized spacial score (nSPS) is 10.3. The minimum atomic E-state index is 0.943. The second-order valence-corrected chi connectivity index (χ2v) is 4.23. The monoisotopic (exact) mass is 226 g/mol. The predicted octanol–water partition coefficient (Wildman–Crippen LogP) is 4.23. The molecule has 0 bridgehead atoms. The van der Waals surface area contributed by atoms with Crippen LogP contribution in [0.3, 0.4) is 0 Å². The van der Waals surface area contributed by atoms with E-state index in [1.807, 2.05) is 6.07 Å². The molecule has 0 saturated carbocycles. The molecule has 0 atom stereocenters. The lowest BCUT2D eigenvalue weighted by molar-refractivity contribution is 0.412. The highest BCUT2D eigenvalue weighted by Crippen LogP contribution is 2.26. The van der Waals surface area contributed by atoms with Gasteiger partial charge in [-0.3, -0.25) is 0 Å². The summed E-state index contributed by atoms with van der Waals surface area (Å²) in [5.74, 6) is 0.943. The van der Waals surface area contributed by atoms with Gasteiger partial charge in [-0.1, -0.05) is 37.3 Å². The number of hydrogen-bond acceptors (Lipinski definition) is 1. The molecule has 88 valence electrons. The maximum Gasteiger partial charge on any atom is 0.121 e. The smallest absolute Gasteiger partial charge is 0.121 e. The van der Waals surface area contributed by atoms with Gasteiger partial charge in [0.1, 0.15) is 5.75 Å². The quantitative estimate of drug-likeness (QED) is 0.761. The first-order valence-electron chi connectivity index (χ1n) is 5.98. The van der Waals surface area contributed by atoms with E-state index in [0.717, 1.165) is 12.2 Å². The van der Waals surface area contributed by atoms with E-state index in [9.17, 15) is 0 Å². The summed E-state index contributed by atoms with van der Waals surface area (Å²) >= 11 is 0. The molecule has 0 aliphatic rings. The maximum atomic E-state index is 5.27. The highest BCUT2D eigenvalue weighted by Gasteiger charge is 2.02. The van der Waals surface area contributed by atoms with Crippen LogP contribution in [0.25, 0.3) is 11.1 Å². The van der Waals surface area contributed by atoms with Crippen LogP contribution in [0.2, 0.25) is 0 Å². The molecule has 0 amide bonds. The summed E-state index contributed by atoms with van der Waals surface area (Å²) in [5, 5.41) is 0. The van der Waals surface area contributed by atoms with Crippen LogP contribution < -0.4 is 4.74 Å². The molecule has 0 heterocycles. The molecular formula is C16H18O. The summed E-state index contributed by atoms with van der Waals surface area (Å²) in [6, 6.07) is 15.0. The summed E-state index contributed by atoms with van der Waals surface area (Å²) < 4.78 is 5.27. The molecule has 0 spiro atoms. The molecule has 0 aliphatic heterocycles. The van der Waals surface area contributed by atoms with Crippen LogP contribution in [0, 0.1) is 6.92 Å². The van der Waals surface area contributed by atoms with Crippen LogP contribution in [0.5, 0.6) is 5.75 Å². The predicted molar refractivity (Wildman–Crippen MR) is 72.5 cm³/mol. The first kappa shape index (κ1) is 11.7. The van der Waals surface area contributed by atoms with Crippen molar-refractivity contribution in [2.75, 3.05) is 7.11 Å².